The zero-order valence-corrected chi connectivity index (χ0v) is 13.8. The Bertz CT molecular complexity index is 774. The van der Waals surface area contributed by atoms with Crippen molar-refractivity contribution >= 4 is 6.09 Å². The Morgan fingerprint density at radius 1 is 1.25 bits per heavy atom. The number of carbonyl (C=O) groups excluding carboxylic acids is 1. The highest BCUT2D eigenvalue weighted by Crippen LogP contribution is 2.19. The molecule has 1 aromatic carbocycles. The Morgan fingerprint density at radius 2 is 1.92 bits per heavy atom. The van der Waals surface area contributed by atoms with Crippen LogP contribution < -0.4 is 5.32 Å². The van der Waals surface area contributed by atoms with Gasteiger partial charge in [-0.2, -0.15) is 5.26 Å². The lowest BCUT2D eigenvalue weighted by molar-refractivity contribution is 0.0523. The number of alkyl carbamates (subject to hydrolysis) is 1. The molecule has 0 spiro atoms. The maximum absolute atomic E-state index is 13.0. The van der Waals surface area contributed by atoms with Gasteiger partial charge >= 0.3 is 6.09 Å². The normalized spacial score (nSPS) is 10.8. The molecule has 0 aliphatic carbocycles. The molecule has 0 saturated carbocycles. The SMILES string of the molecule is CC(C)(C)OC(=O)NCc1ccc(-c2ccc(F)cc2)nc1C#N. The fraction of sp³-hybridized carbons (Fsp3) is 0.278. The predicted octanol–water partition coefficient (Wildman–Crippen LogP) is 3.78. The Labute approximate surface area is 140 Å². The van der Waals surface area contributed by atoms with E-state index in [0.29, 0.717) is 16.8 Å². The summed E-state index contributed by atoms with van der Waals surface area (Å²) in [5.41, 5.74) is 1.46. The van der Waals surface area contributed by atoms with Gasteiger partial charge < -0.3 is 10.1 Å². The minimum Gasteiger partial charge on any atom is -0.444 e. The number of nitrogens with zero attached hydrogens (tertiary/aromatic N) is 2. The van der Waals surface area contributed by atoms with Crippen LogP contribution in [0, 0.1) is 17.1 Å². The second-order valence-electron chi connectivity index (χ2n) is 6.18. The highest BCUT2D eigenvalue weighted by Gasteiger charge is 2.16. The fourth-order valence-corrected chi connectivity index (χ4v) is 1.99. The number of ether oxygens (including phenoxy) is 1. The molecule has 0 unspecified atom stereocenters. The number of hydrogen-bond donors (Lipinski definition) is 1. The van der Waals surface area contributed by atoms with Crippen LogP contribution in [-0.2, 0) is 11.3 Å². The van der Waals surface area contributed by atoms with Crippen molar-refractivity contribution in [1.82, 2.24) is 10.3 Å². The van der Waals surface area contributed by atoms with Gasteiger partial charge in [0.2, 0.25) is 0 Å². The van der Waals surface area contributed by atoms with Gasteiger partial charge in [0, 0.05) is 17.7 Å². The first kappa shape index (κ1) is 17.4. The molecular weight excluding hydrogens is 309 g/mol. The van der Waals surface area contributed by atoms with Crippen LogP contribution in [0.2, 0.25) is 0 Å². The monoisotopic (exact) mass is 327 g/mol. The number of rotatable bonds is 3. The molecule has 0 fully saturated rings. The van der Waals surface area contributed by atoms with Gasteiger partial charge in [-0.05, 0) is 51.1 Å². The summed E-state index contributed by atoms with van der Waals surface area (Å²) in [6.45, 7) is 5.44. The van der Waals surface area contributed by atoms with Crippen molar-refractivity contribution in [2.45, 2.75) is 32.9 Å². The molecule has 6 heteroatoms. The number of nitrogens with one attached hydrogen (secondary N) is 1. The lowest BCUT2D eigenvalue weighted by atomic mass is 10.1. The van der Waals surface area contributed by atoms with Gasteiger partial charge in [-0.3, -0.25) is 0 Å². The predicted molar refractivity (Wildman–Crippen MR) is 87.4 cm³/mol. The van der Waals surface area contributed by atoms with E-state index in [2.05, 4.69) is 10.3 Å². The third kappa shape index (κ3) is 4.78. The van der Waals surface area contributed by atoms with E-state index in [1.165, 1.54) is 12.1 Å². The average Bonchev–Trinajstić information content (AvgIpc) is 2.52. The summed E-state index contributed by atoms with van der Waals surface area (Å²) in [7, 11) is 0. The molecule has 1 heterocycles. The van der Waals surface area contributed by atoms with Gasteiger partial charge in [-0.25, -0.2) is 14.2 Å². The van der Waals surface area contributed by atoms with E-state index in [0.717, 1.165) is 0 Å². The largest absolute Gasteiger partial charge is 0.444 e. The number of halogens is 1. The molecule has 24 heavy (non-hydrogen) atoms. The maximum Gasteiger partial charge on any atom is 0.407 e. The molecule has 0 saturated heterocycles. The van der Waals surface area contributed by atoms with E-state index < -0.39 is 11.7 Å². The van der Waals surface area contributed by atoms with Crippen LogP contribution in [0.25, 0.3) is 11.3 Å². The van der Waals surface area contributed by atoms with E-state index in [9.17, 15) is 14.4 Å². The van der Waals surface area contributed by atoms with E-state index in [1.54, 1.807) is 45.0 Å². The number of amides is 1. The molecule has 0 radical (unpaired) electrons. The average molecular weight is 327 g/mol. The Hall–Kier alpha value is -2.94. The summed E-state index contributed by atoms with van der Waals surface area (Å²) in [6.07, 6.45) is -0.561. The van der Waals surface area contributed by atoms with E-state index in [1.807, 2.05) is 6.07 Å². The zero-order chi connectivity index (χ0) is 17.7. The van der Waals surface area contributed by atoms with Gasteiger partial charge in [-0.15, -0.1) is 0 Å². The van der Waals surface area contributed by atoms with E-state index >= 15 is 0 Å². The summed E-state index contributed by atoms with van der Waals surface area (Å²) in [4.78, 5) is 15.9. The number of hydrogen-bond acceptors (Lipinski definition) is 4. The molecular formula is C18H18FN3O2. The van der Waals surface area contributed by atoms with Crippen LogP contribution >= 0.6 is 0 Å². The van der Waals surface area contributed by atoms with Crippen LogP contribution in [0.5, 0.6) is 0 Å². The van der Waals surface area contributed by atoms with Crippen molar-refractivity contribution in [1.29, 1.82) is 5.26 Å². The topological polar surface area (TPSA) is 75.0 Å². The second-order valence-corrected chi connectivity index (χ2v) is 6.18. The third-order valence-corrected chi connectivity index (χ3v) is 3.05. The van der Waals surface area contributed by atoms with Crippen molar-refractivity contribution in [3.05, 3.63) is 53.5 Å². The van der Waals surface area contributed by atoms with Gasteiger partial charge in [0.1, 0.15) is 23.2 Å². The summed E-state index contributed by atoms with van der Waals surface area (Å²) in [6, 6.07) is 11.3. The highest BCUT2D eigenvalue weighted by molar-refractivity contribution is 5.68. The van der Waals surface area contributed by atoms with Crippen molar-refractivity contribution in [2.24, 2.45) is 0 Å². The Kier molecular flexibility index (Phi) is 5.14. The fourth-order valence-electron chi connectivity index (χ4n) is 1.99. The molecule has 5 nitrogen and oxygen atoms in total. The zero-order valence-electron chi connectivity index (χ0n) is 13.8. The quantitative estimate of drug-likeness (QED) is 0.931. The van der Waals surface area contributed by atoms with Crippen LogP contribution in [0.1, 0.15) is 32.0 Å². The first-order valence-corrected chi connectivity index (χ1v) is 7.41. The van der Waals surface area contributed by atoms with Crippen LogP contribution in [0.3, 0.4) is 0 Å². The van der Waals surface area contributed by atoms with Crippen molar-refractivity contribution in [3.8, 4) is 17.3 Å². The van der Waals surface area contributed by atoms with Crippen LogP contribution in [-0.4, -0.2) is 16.7 Å². The lowest BCUT2D eigenvalue weighted by Crippen LogP contribution is -2.32. The Balaban J connectivity index is 2.14. The molecule has 2 rings (SSSR count). The summed E-state index contributed by atoms with van der Waals surface area (Å²) >= 11 is 0. The summed E-state index contributed by atoms with van der Waals surface area (Å²) in [5, 5.41) is 11.9. The summed E-state index contributed by atoms with van der Waals surface area (Å²) < 4.78 is 18.1. The van der Waals surface area contributed by atoms with Gasteiger partial charge in [0.15, 0.2) is 0 Å². The first-order valence-electron chi connectivity index (χ1n) is 7.41. The number of carbonyl (C=O) groups is 1. The van der Waals surface area contributed by atoms with E-state index in [-0.39, 0.29) is 18.1 Å². The van der Waals surface area contributed by atoms with Crippen molar-refractivity contribution in [2.75, 3.05) is 0 Å². The van der Waals surface area contributed by atoms with Crippen molar-refractivity contribution in [3.63, 3.8) is 0 Å². The minimum absolute atomic E-state index is 0.133. The number of nitriles is 1. The minimum atomic E-state index is -0.590. The molecule has 1 amide bonds. The summed E-state index contributed by atoms with van der Waals surface area (Å²) in [5.74, 6) is -0.336. The number of pyridine rings is 1. The van der Waals surface area contributed by atoms with Crippen LogP contribution in [0.4, 0.5) is 9.18 Å². The number of benzene rings is 1. The molecule has 0 aliphatic heterocycles. The van der Waals surface area contributed by atoms with Gasteiger partial charge in [0.25, 0.3) is 0 Å². The highest BCUT2D eigenvalue weighted by atomic mass is 19.1. The smallest absolute Gasteiger partial charge is 0.407 e. The first-order chi connectivity index (χ1) is 11.3. The van der Waals surface area contributed by atoms with E-state index in [4.69, 9.17) is 4.74 Å². The Morgan fingerprint density at radius 3 is 2.50 bits per heavy atom. The molecule has 1 aromatic heterocycles. The molecule has 0 aliphatic rings. The van der Waals surface area contributed by atoms with Gasteiger partial charge in [-0.1, -0.05) is 6.07 Å². The standard InChI is InChI=1S/C18H18FN3O2/c1-18(2,3)24-17(23)21-11-13-6-9-15(22-16(13)10-20)12-4-7-14(19)8-5-12/h4-9H,11H2,1-3H3,(H,21,23). The molecule has 1 N–H and O–H groups in total. The molecule has 0 atom stereocenters. The number of aromatic nitrogens is 1. The molecule has 0 bridgehead atoms. The maximum atomic E-state index is 13.0. The molecule has 124 valence electrons. The molecule has 2 aromatic rings. The second kappa shape index (κ2) is 7.09. The third-order valence-electron chi connectivity index (χ3n) is 3.05. The lowest BCUT2D eigenvalue weighted by Gasteiger charge is -2.19. The van der Waals surface area contributed by atoms with Gasteiger partial charge in [0.05, 0.1) is 5.69 Å². The van der Waals surface area contributed by atoms with Crippen molar-refractivity contribution < 1.29 is 13.9 Å². The van der Waals surface area contributed by atoms with Crippen LogP contribution in [0.15, 0.2) is 36.4 Å².